The number of methoxy groups -OCH3 is 10. The lowest BCUT2D eigenvalue weighted by atomic mass is 9.92. The van der Waals surface area contributed by atoms with Gasteiger partial charge < -0.3 is 47.4 Å². The summed E-state index contributed by atoms with van der Waals surface area (Å²) in [5, 5.41) is 0. The van der Waals surface area contributed by atoms with Crippen LogP contribution in [0.15, 0.2) is 48.5 Å². The fraction of sp³-hybridized carbons (Fsp3) is 0.316. The number of carbonyl (C=O) groups excluding carboxylic acids is 2. The molecule has 12 heteroatoms. The highest BCUT2D eigenvalue weighted by atomic mass is 16.5. The zero-order valence-corrected chi connectivity index (χ0v) is 29.9. The number of ether oxygens (including phenoxy) is 10. The van der Waals surface area contributed by atoms with Crippen molar-refractivity contribution in [3.05, 3.63) is 70.8 Å². The number of carbonyl (C=O) groups is 2. The largest absolute Gasteiger partial charge is 0.493 e. The van der Waals surface area contributed by atoms with E-state index in [4.69, 9.17) is 47.4 Å². The third-order valence-electron chi connectivity index (χ3n) is 8.20. The Bertz CT molecular complexity index is 1860. The van der Waals surface area contributed by atoms with Gasteiger partial charge in [0.2, 0.25) is 23.1 Å². The smallest absolute Gasteiger partial charge is 0.237 e. The Labute approximate surface area is 291 Å². The number of Topliss-reactive ketones (excluding diaryl/α,β-unsaturated/α-hetero) is 2. The highest BCUT2D eigenvalue weighted by molar-refractivity contribution is 6.50. The van der Waals surface area contributed by atoms with Crippen molar-refractivity contribution >= 4 is 11.6 Å². The predicted molar refractivity (Wildman–Crippen MR) is 186 cm³/mol. The first-order valence-electron chi connectivity index (χ1n) is 15.4. The Balaban J connectivity index is 1.94. The van der Waals surface area contributed by atoms with Crippen LogP contribution >= 0.6 is 0 Å². The van der Waals surface area contributed by atoms with E-state index in [2.05, 4.69) is 0 Å². The van der Waals surface area contributed by atoms with E-state index in [1.54, 1.807) is 27.4 Å². The maximum Gasteiger partial charge on any atom is 0.237 e. The first-order chi connectivity index (χ1) is 24.2. The number of hydrogen-bond donors (Lipinski definition) is 0. The van der Waals surface area contributed by atoms with E-state index in [1.807, 2.05) is 24.3 Å². The first-order valence-corrected chi connectivity index (χ1v) is 15.4. The monoisotopic (exact) mass is 690 g/mol. The normalized spacial score (nSPS) is 10.5. The topological polar surface area (TPSA) is 126 Å². The summed E-state index contributed by atoms with van der Waals surface area (Å²) >= 11 is 0. The summed E-state index contributed by atoms with van der Waals surface area (Å²) in [6.45, 7) is 0. The zero-order chi connectivity index (χ0) is 36.5. The second-order valence-electron chi connectivity index (χ2n) is 10.7. The molecule has 0 aliphatic rings. The summed E-state index contributed by atoms with van der Waals surface area (Å²) in [6, 6.07) is 13.6. The average molecular weight is 691 g/mol. The summed E-state index contributed by atoms with van der Waals surface area (Å²) in [4.78, 5) is 27.7. The lowest BCUT2D eigenvalue weighted by Crippen LogP contribution is -2.17. The fourth-order valence-corrected chi connectivity index (χ4v) is 5.80. The van der Waals surface area contributed by atoms with E-state index in [9.17, 15) is 9.59 Å². The Morgan fingerprint density at radius 3 is 1.42 bits per heavy atom. The third-order valence-corrected chi connectivity index (χ3v) is 8.20. The van der Waals surface area contributed by atoms with Gasteiger partial charge in [-0.1, -0.05) is 6.07 Å². The van der Waals surface area contributed by atoms with Gasteiger partial charge >= 0.3 is 0 Å². The van der Waals surface area contributed by atoms with Crippen LogP contribution in [0.25, 0.3) is 11.1 Å². The molecule has 0 fully saturated rings. The van der Waals surface area contributed by atoms with Gasteiger partial charge in [0.15, 0.2) is 46.0 Å². The minimum atomic E-state index is -0.857. The average Bonchev–Trinajstić information content (AvgIpc) is 3.16. The van der Waals surface area contributed by atoms with Crippen molar-refractivity contribution in [1.82, 2.24) is 0 Å². The minimum absolute atomic E-state index is 0.0139. The van der Waals surface area contributed by atoms with Crippen molar-refractivity contribution in [2.45, 2.75) is 12.8 Å². The van der Waals surface area contributed by atoms with Gasteiger partial charge in [0, 0.05) is 16.7 Å². The molecular formula is C38H42O12. The van der Waals surface area contributed by atoms with Gasteiger partial charge in [-0.2, -0.15) is 0 Å². The summed E-state index contributed by atoms with van der Waals surface area (Å²) in [7, 11) is 14.9. The molecule has 266 valence electrons. The highest BCUT2D eigenvalue weighted by Gasteiger charge is 2.32. The van der Waals surface area contributed by atoms with Crippen molar-refractivity contribution < 1.29 is 57.0 Å². The number of rotatable bonds is 17. The summed E-state index contributed by atoms with van der Waals surface area (Å²) in [5.74, 6) is 1.70. The molecule has 0 unspecified atom stereocenters. The molecule has 0 N–H and O–H groups in total. The van der Waals surface area contributed by atoms with E-state index in [1.165, 1.54) is 68.0 Å². The molecule has 4 aromatic carbocycles. The van der Waals surface area contributed by atoms with Gasteiger partial charge in [-0.3, -0.25) is 9.59 Å². The number of benzene rings is 4. The Morgan fingerprint density at radius 2 is 0.900 bits per heavy atom. The summed E-state index contributed by atoms with van der Waals surface area (Å²) in [5.41, 5.74) is 2.64. The molecule has 50 heavy (non-hydrogen) atoms. The Hall–Kier alpha value is -5.78. The molecule has 4 aromatic rings. The molecule has 0 aromatic heterocycles. The van der Waals surface area contributed by atoms with Crippen LogP contribution < -0.4 is 47.4 Å². The van der Waals surface area contributed by atoms with Crippen molar-refractivity contribution in [2.75, 3.05) is 71.1 Å². The van der Waals surface area contributed by atoms with Gasteiger partial charge in [0.25, 0.3) is 0 Å². The van der Waals surface area contributed by atoms with Crippen molar-refractivity contribution in [3.8, 4) is 68.6 Å². The van der Waals surface area contributed by atoms with Gasteiger partial charge in [0.1, 0.15) is 0 Å². The van der Waals surface area contributed by atoms with Crippen LogP contribution in [0.4, 0.5) is 0 Å². The number of aryl methyl sites for hydroxylation is 2. The van der Waals surface area contributed by atoms with E-state index in [0.717, 1.165) is 11.1 Å². The molecule has 0 saturated carbocycles. The first kappa shape index (κ1) is 37.0. The molecule has 0 heterocycles. The van der Waals surface area contributed by atoms with Crippen LogP contribution in [0.5, 0.6) is 57.5 Å². The van der Waals surface area contributed by atoms with E-state index in [0.29, 0.717) is 64.2 Å². The number of ketones is 2. The zero-order valence-electron chi connectivity index (χ0n) is 29.9. The molecule has 4 rings (SSSR count). The summed E-state index contributed by atoms with van der Waals surface area (Å²) in [6.07, 6.45) is 1.10. The van der Waals surface area contributed by atoms with Crippen LogP contribution in [-0.2, 0) is 12.8 Å². The van der Waals surface area contributed by atoms with E-state index in [-0.39, 0.29) is 28.4 Å². The second-order valence-corrected chi connectivity index (χ2v) is 10.7. The van der Waals surface area contributed by atoms with Crippen LogP contribution in [0.2, 0.25) is 0 Å². The van der Waals surface area contributed by atoms with Gasteiger partial charge in [-0.25, -0.2) is 0 Å². The Morgan fingerprint density at radius 1 is 0.420 bits per heavy atom. The molecule has 0 aliphatic carbocycles. The van der Waals surface area contributed by atoms with Gasteiger partial charge in [-0.15, -0.1) is 0 Å². The number of hydrogen-bond acceptors (Lipinski definition) is 12. The lowest BCUT2D eigenvalue weighted by Gasteiger charge is -2.23. The molecule has 12 nitrogen and oxygen atoms in total. The maximum absolute atomic E-state index is 14.0. The standard InChI is InChI=1S/C38H42O12/c1-41-27-15-12-21(17-29(27)43-3)11-13-23-18-24(34(46-6)37(49-9)33(23)45-5)25-20-26(36(48-8)38(50-10)35(25)47-7)32(40)31(39)22-14-16-28(42-2)30(19-22)44-4/h12,14-20H,11,13H2,1-10H3. The van der Waals surface area contributed by atoms with Gasteiger partial charge in [0.05, 0.1) is 76.7 Å². The molecular weight excluding hydrogens is 648 g/mol. The minimum Gasteiger partial charge on any atom is -0.493 e. The maximum atomic E-state index is 14.0. The van der Waals surface area contributed by atoms with Crippen LogP contribution in [0.1, 0.15) is 31.8 Å². The Kier molecular flexibility index (Phi) is 12.3. The second kappa shape index (κ2) is 16.6. The third kappa shape index (κ3) is 7.00. The van der Waals surface area contributed by atoms with Crippen LogP contribution in [0.3, 0.4) is 0 Å². The van der Waals surface area contributed by atoms with Crippen molar-refractivity contribution in [3.63, 3.8) is 0 Å². The van der Waals surface area contributed by atoms with E-state index < -0.39 is 11.6 Å². The molecule has 0 amide bonds. The fourth-order valence-electron chi connectivity index (χ4n) is 5.80. The molecule has 0 aliphatic heterocycles. The van der Waals surface area contributed by atoms with Gasteiger partial charge in [-0.05, 0) is 66.4 Å². The van der Waals surface area contributed by atoms with Crippen LogP contribution in [-0.4, -0.2) is 82.7 Å². The molecule has 0 atom stereocenters. The highest BCUT2D eigenvalue weighted by Crippen LogP contribution is 2.53. The lowest BCUT2D eigenvalue weighted by molar-refractivity contribution is 0.0814. The van der Waals surface area contributed by atoms with Crippen molar-refractivity contribution in [2.24, 2.45) is 0 Å². The molecule has 0 spiro atoms. The SMILES string of the molecule is COc1ccc(CCc2cc(-c3cc(C(=O)C(=O)c4ccc(OC)c(OC)c4)c(OC)c(OC)c3OC)c(OC)c(OC)c2OC)cc1OC. The molecule has 0 bridgehead atoms. The van der Waals surface area contributed by atoms with Crippen molar-refractivity contribution in [1.29, 1.82) is 0 Å². The predicted octanol–water partition coefficient (Wildman–Crippen LogP) is 6.29. The van der Waals surface area contributed by atoms with Crippen LogP contribution in [0, 0.1) is 0 Å². The summed E-state index contributed by atoms with van der Waals surface area (Å²) < 4.78 is 56.4. The van der Waals surface area contributed by atoms with E-state index >= 15 is 0 Å². The molecule has 0 radical (unpaired) electrons. The molecule has 0 saturated heterocycles. The quantitative estimate of drug-likeness (QED) is 0.0913.